The maximum Gasteiger partial charge on any atom is 0.127 e. The molecule has 0 amide bonds. The van der Waals surface area contributed by atoms with Crippen molar-refractivity contribution in [3.05, 3.63) is 34.9 Å². The molecule has 2 N–H and O–H groups in total. The number of unbranched alkanes of at least 4 members (excludes halogenated alkanes) is 3. The van der Waals surface area contributed by atoms with Crippen LogP contribution in [0.3, 0.4) is 0 Å². The maximum atomic E-state index is 10.8. The van der Waals surface area contributed by atoms with Gasteiger partial charge in [-0.3, -0.25) is 0 Å². The number of rotatable bonds is 10. The van der Waals surface area contributed by atoms with Crippen LogP contribution in [0.5, 0.6) is 11.5 Å². The Morgan fingerprint density at radius 2 is 1.93 bits per heavy atom. The van der Waals surface area contributed by atoms with Gasteiger partial charge in [-0.15, -0.1) is 0 Å². The summed E-state index contributed by atoms with van der Waals surface area (Å²) in [4.78, 5) is 0. The van der Waals surface area contributed by atoms with Crippen molar-refractivity contribution in [2.24, 2.45) is 5.92 Å². The van der Waals surface area contributed by atoms with Crippen LogP contribution in [0.2, 0.25) is 0 Å². The molecule has 29 heavy (non-hydrogen) atoms. The smallest absolute Gasteiger partial charge is 0.127 e. The Kier molecular flexibility index (Phi) is 8.22. The molecule has 1 aliphatic rings. The molecule has 3 nitrogen and oxygen atoms in total. The number of aliphatic hydroxyl groups is 1. The predicted molar refractivity (Wildman–Crippen MR) is 122 cm³/mol. The van der Waals surface area contributed by atoms with Crippen LogP contribution in [0.4, 0.5) is 0 Å². The lowest BCUT2D eigenvalue weighted by Crippen LogP contribution is -2.42. The second-order valence-corrected chi connectivity index (χ2v) is 9.88. The first-order chi connectivity index (χ1) is 13.6. The van der Waals surface area contributed by atoms with Gasteiger partial charge >= 0.3 is 0 Å². The number of hydrogen-bond acceptors (Lipinski definition) is 3. The summed E-state index contributed by atoms with van der Waals surface area (Å²) in [6.45, 7) is 13.2. The van der Waals surface area contributed by atoms with Crippen LogP contribution in [-0.4, -0.2) is 22.4 Å². The molecule has 0 aromatic heterocycles. The van der Waals surface area contributed by atoms with E-state index in [9.17, 15) is 10.2 Å². The molecule has 164 valence electrons. The largest absolute Gasteiger partial charge is 0.508 e. The van der Waals surface area contributed by atoms with Gasteiger partial charge in [0.25, 0.3) is 0 Å². The van der Waals surface area contributed by atoms with Gasteiger partial charge in [0.15, 0.2) is 0 Å². The van der Waals surface area contributed by atoms with Crippen LogP contribution in [0.15, 0.2) is 23.8 Å². The number of benzene rings is 1. The third kappa shape index (κ3) is 6.01. The Bertz CT molecular complexity index is 694. The van der Waals surface area contributed by atoms with Gasteiger partial charge in [0.05, 0.1) is 6.61 Å². The van der Waals surface area contributed by atoms with E-state index < -0.39 is 0 Å². The summed E-state index contributed by atoms with van der Waals surface area (Å²) in [7, 11) is 0. The Labute approximate surface area is 178 Å². The molecule has 0 saturated carbocycles. The number of phenols is 1. The fourth-order valence-corrected chi connectivity index (χ4v) is 4.31. The number of allylic oxidation sites excluding steroid dienone is 1. The van der Waals surface area contributed by atoms with E-state index in [0.29, 0.717) is 5.75 Å². The number of phenolic OH excluding ortho intramolecular Hbond substituents is 1. The summed E-state index contributed by atoms with van der Waals surface area (Å²) >= 11 is 0. The lowest BCUT2D eigenvalue weighted by Gasteiger charge is -2.41. The number of aliphatic hydroxyl groups excluding tert-OH is 1. The van der Waals surface area contributed by atoms with Crippen molar-refractivity contribution in [3.8, 4) is 11.5 Å². The van der Waals surface area contributed by atoms with Crippen molar-refractivity contribution < 1.29 is 14.9 Å². The Hall–Kier alpha value is -1.48. The van der Waals surface area contributed by atoms with E-state index in [1.807, 2.05) is 6.07 Å². The Balaban J connectivity index is 2.23. The first-order valence-electron chi connectivity index (χ1n) is 11.5. The lowest BCUT2D eigenvalue weighted by molar-refractivity contribution is 0.0270. The van der Waals surface area contributed by atoms with Crippen LogP contribution in [0, 0.1) is 5.92 Å². The number of fused-ring (bicyclic) bond motifs is 1. The van der Waals surface area contributed by atoms with Crippen molar-refractivity contribution in [1.82, 2.24) is 0 Å². The summed E-state index contributed by atoms with van der Waals surface area (Å²) in [6.07, 6.45) is 10.8. The zero-order valence-corrected chi connectivity index (χ0v) is 19.5. The number of hydrogen-bond donors (Lipinski definition) is 2. The Morgan fingerprint density at radius 3 is 2.55 bits per heavy atom. The molecule has 1 aromatic rings. The highest BCUT2D eigenvalue weighted by Crippen LogP contribution is 2.45. The quantitative estimate of drug-likeness (QED) is 0.338. The van der Waals surface area contributed by atoms with Crippen LogP contribution >= 0.6 is 0 Å². The third-order valence-electron chi connectivity index (χ3n) is 6.78. The van der Waals surface area contributed by atoms with E-state index in [4.69, 9.17) is 4.74 Å². The molecule has 0 radical (unpaired) electrons. The SMILES string of the molecule is CCCCCCC(C)(C)c1cc(O)c2c(c1)OC(C)(C)C(C/C=C(\CC)CO)C2. The average molecular weight is 403 g/mol. The number of ether oxygens (including phenoxy) is 1. The summed E-state index contributed by atoms with van der Waals surface area (Å²) in [6, 6.07) is 4.12. The van der Waals surface area contributed by atoms with E-state index in [1.54, 1.807) is 0 Å². The zero-order valence-electron chi connectivity index (χ0n) is 19.5. The van der Waals surface area contributed by atoms with Gasteiger partial charge in [-0.2, -0.15) is 0 Å². The van der Waals surface area contributed by atoms with Crippen LogP contribution in [0.1, 0.15) is 97.6 Å². The predicted octanol–water partition coefficient (Wildman–Crippen LogP) is 6.69. The van der Waals surface area contributed by atoms with Crippen molar-refractivity contribution in [2.75, 3.05) is 6.61 Å². The highest BCUT2D eigenvalue weighted by atomic mass is 16.5. The molecule has 1 heterocycles. The normalized spacial score (nSPS) is 19.0. The zero-order chi connectivity index (χ0) is 21.7. The molecular weight excluding hydrogens is 360 g/mol. The van der Waals surface area contributed by atoms with Gasteiger partial charge in [0.1, 0.15) is 17.1 Å². The molecule has 0 spiro atoms. The molecular formula is C26H42O3. The van der Waals surface area contributed by atoms with E-state index in [2.05, 4.69) is 53.7 Å². The fourth-order valence-electron chi connectivity index (χ4n) is 4.31. The van der Waals surface area contributed by atoms with Crippen molar-refractivity contribution in [2.45, 2.75) is 104 Å². The highest BCUT2D eigenvalue weighted by molar-refractivity contribution is 5.51. The second kappa shape index (κ2) is 10.0. The third-order valence-corrected chi connectivity index (χ3v) is 6.78. The van der Waals surface area contributed by atoms with E-state index in [-0.39, 0.29) is 23.5 Å². The average Bonchev–Trinajstić information content (AvgIpc) is 2.66. The molecule has 0 bridgehead atoms. The van der Waals surface area contributed by atoms with Crippen LogP contribution < -0.4 is 4.74 Å². The summed E-state index contributed by atoms with van der Waals surface area (Å²) in [5.74, 6) is 1.47. The molecule has 0 saturated heterocycles. The van der Waals surface area contributed by atoms with Gasteiger partial charge in [0.2, 0.25) is 0 Å². The summed E-state index contributed by atoms with van der Waals surface area (Å²) < 4.78 is 6.44. The molecule has 0 aliphatic carbocycles. The van der Waals surface area contributed by atoms with Crippen molar-refractivity contribution in [3.63, 3.8) is 0 Å². The molecule has 1 aliphatic heterocycles. The topological polar surface area (TPSA) is 49.7 Å². The first kappa shape index (κ1) is 23.8. The summed E-state index contributed by atoms with van der Waals surface area (Å²) in [5, 5.41) is 20.3. The molecule has 2 rings (SSSR count). The second-order valence-electron chi connectivity index (χ2n) is 9.88. The van der Waals surface area contributed by atoms with Gasteiger partial charge in [-0.1, -0.05) is 59.5 Å². The molecule has 0 fully saturated rings. The van der Waals surface area contributed by atoms with Crippen LogP contribution in [-0.2, 0) is 11.8 Å². The monoisotopic (exact) mass is 402 g/mol. The molecule has 1 unspecified atom stereocenters. The van der Waals surface area contributed by atoms with Gasteiger partial charge in [0, 0.05) is 11.5 Å². The highest BCUT2D eigenvalue weighted by Gasteiger charge is 2.38. The Morgan fingerprint density at radius 1 is 1.21 bits per heavy atom. The fraction of sp³-hybridized carbons (Fsp3) is 0.692. The maximum absolute atomic E-state index is 10.8. The van der Waals surface area contributed by atoms with E-state index >= 15 is 0 Å². The standard InChI is InChI=1S/C26H42O3/c1-7-9-10-11-14-25(3,4)21-16-23(28)22-15-20(13-12-19(8-2)18-27)26(5,6)29-24(22)17-21/h12,16-17,20,27-28H,7-11,13-15,18H2,1-6H3/b19-12+. The molecule has 3 heteroatoms. The van der Waals surface area contributed by atoms with E-state index in [0.717, 1.165) is 48.1 Å². The summed E-state index contributed by atoms with van der Waals surface area (Å²) in [5.41, 5.74) is 2.86. The van der Waals surface area contributed by atoms with Gasteiger partial charge < -0.3 is 14.9 Å². The number of aromatic hydroxyl groups is 1. The first-order valence-corrected chi connectivity index (χ1v) is 11.5. The van der Waals surface area contributed by atoms with Crippen LogP contribution in [0.25, 0.3) is 0 Å². The van der Waals surface area contributed by atoms with Crippen molar-refractivity contribution >= 4 is 0 Å². The van der Waals surface area contributed by atoms with Crippen molar-refractivity contribution in [1.29, 1.82) is 0 Å². The van der Waals surface area contributed by atoms with E-state index in [1.165, 1.54) is 25.7 Å². The molecule has 1 aromatic carbocycles. The minimum absolute atomic E-state index is 0.0183. The minimum atomic E-state index is -0.311. The molecule has 1 atom stereocenters. The van der Waals surface area contributed by atoms with Gasteiger partial charge in [-0.05, 0) is 68.2 Å². The lowest BCUT2D eigenvalue weighted by atomic mass is 9.76. The minimum Gasteiger partial charge on any atom is -0.508 e. The van der Waals surface area contributed by atoms with Gasteiger partial charge in [-0.25, -0.2) is 0 Å².